The van der Waals surface area contributed by atoms with Gasteiger partial charge in [-0.3, -0.25) is 14.5 Å². The molecule has 2 aromatic carbocycles. The summed E-state index contributed by atoms with van der Waals surface area (Å²) in [5.41, 5.74) is 5.52. The van der Waals surface area contributed by atoms with Crippen molar-refractivity contribution >= 4 is 17.5 Å². The molecule has 2 aromatic rings. The van der Waals surface area contributed by atoms with Gasteiger partial charge in [0.25, 0.3) is 5.91 Å². The maximum absolute atomic E-state index is 13.2. The third-order valence-corrected chi connectivity index (χ3v) is 7.62. The van der Waals surface area contributed by atoms with Crippen LogP contribution in [0.25, 0.3) is 0 Å². The van der Waals surface area contributed by atoms with Crippen LogP contribution in [0.15, 0.2) is 42.5 Å². The number of β-amino-alcohol motifs (C(OH)–C–C–N with tert-alkyl or cyclic N) is 1. The summed E-state index contributed by atoms with van der Waals surface area (Å²) in [6, 6.07) is 14.7. The molecule has 0 saturated carbocycles. The molecule has 0 spiro atoms. The normalized spacial score (nSPS) is 21.3. The van der Waals surface area contributed by atoms with E-state index in [0.29, 0.717) is 19.6 Å². The lowest BCUT2D eigenvalue weighted by Crippen LogP contribution is -2.46. The van der Waals surface area contributed by atoms with Crippen LogP contribution in [-0.2, 0) is 24.2 Å². The minimum atomic E-state index is -0.567. The van der Waals surface area contributed by atoms with Gasteiger partial charge in [0.1, 0.15) is 0 Å². The summed E-state index contributed by atoms with van der Waals surface area (Å²) in [5.74, 6) is 0.126. The molecule has 1 saturated heterocycles. The molecular weight excluding hydrogens is 440 g/mol. The van der Waals surface area contributed by atoms with Crippen LogP contribution in [0.5, 0.6) is 0 Å². The summed E-state index contributed by atoms with van der Waals surface area (Å²) in [7, 11) is 0. The van der Waals surface area contributed by atoms with Gasteiger partial charge in [-0.15, -0.1) is 0 Å². The Kier molecular flexibility index (Phi) is 7.07. The quantitative estimate of drug-likeness (QED) is 0.670. The summed E-state index contributed by atoms with van der Waals surface area (Å²) < 4.78 is 0. The average Bonchev–Trinajstić information content (AvgIpc) is 2.86. The number of rotatable bonds is 6. The summed E-state index contributed by atoms with van der Waals surface area (Å²) >= 11 is 0. The minimum absolute atomic E-state index is 0.00117. The molecule has 3 aliphatic rings. The Bertz CT molecular complexity index is 1090. The Morgan fingerprint density at radius 2 is 1.86 bits per heavy atom. The van der Waals surface area contributed by atoms with Gasteiger partial charge in [-0.1, -0.05) is 24.3 Å². The number of piperidine rings is 1. The first-order valence-electron chi connectivity index (χ1n) is 12.9. The molecule has 1 unspecified atom stereocenters. The maximum Gasteiger partial charge on any atom is 0.254 e. The van der Waals surface area contributed by atoms with Crippen LogP contribution in [0.3, 0.4) is 0 Å². The summed E-state index contributed by atoms with van der Waals surface area (Å²) in [6.07, 6.45) is 3.26. The van der Waals surface area contributed by atoms with Gasteiger partial charge in [-0.05, 0) is 60.6 Å². The fourth-order valence-electron chi connectivity index (χ4n) is 5.74. The van der Waals surface area contributed by atoms with Crippen molar-refractivity contribution in [2.24, 2.45) is 0 Å². The molecule has 186 valence electrons. The van der Waals surface area contributed by atoms with E-state index in [0.717, 1.165) is 68.7 Å². The molecule has 35 heavy (non-hydrogen) atoms. The number of nitrogens with zero attached hydrogens (tertiary/aromatic N) is 3. The van der Waals surface area contributed by atoms with Crippen LogP contribution < -0.4 is 5.32 Å². The molecule has 0 aliphatic carbocycles. The van der Waals surface area contributed by atoms with Gasteiger partial charge in [0.15, 0.2) is 0 Å². The van der Waals surface area contributed by atoms with E-state index in [1.165, 1.54) is 11.1 Å². The number of carbonyl (C=O) groups is 2. The maximum atomic E-state index is 13.2. The van der Waals surface area contributed by atoms with Gasteiger partial charge >= 0.3 is 0 Å². The summed E-state index contributed by atoms with van der Waals surface area (Å²) in [4.78, 5) is 30.9. The molecule has 1 fully saturated rings. The van der Waals surface area contributed by atoms with Crippen molar-refractivity contribution < 1.29 is 14.7 Å². The highest BCUT2D eigenvalue weighted by molar-refractivity contribution is 5.97. The molecule has 2 N–H and O–H groups in total. The van der Waals surface area contributed by atoms with E-state index in [2.05, 4.69) is 40.5 Å². The third-order valence-electron chi connectivity index (χ3n) is 7.62. The summed E-state index contributed by atoms with van der Waals surface area (Å²) in [6.45, 7) is 6.53. The van der Waals surface area contributed by atoms with E-state index in [4.69, 9.17) is 0 Å². The minimum Gasteiger partial charge on any atom is -0.390 e. The number of aliphatic hydroxyl groups is 1. The van der Waals surface area contributed by atoms with Crippen LogP contribution >= 0.6 is 0 Å². The number of carbonyl (C=O) groups excluding carboxylic acids is 2. The van der Waals surface area contributed by atoms with Crippen molar-refractivity contribution in [3.8, 4) is 0 Å². The number of hydrogen-bond acceptors (Lipinski definition) is 5. The Balaban J connectivity index is 1.16. The predicted octanol–water partition coefficient (Wildman–Crippen LogP) is 2.53. The molecule has 2 atom stereocenters. The van der Waals surface area contributed by atoms with E-state index in [-0.39, 0.29) is 17.9 Å². The summed E-state index contributed by atoms with van der Waals surface area (Å²) in [5, 5.41) is 14.3. The molecular formula is C28H36N4O3. The first-order valence-corrected chi connectivity index (χ1v) is 12.9. The van der Waals surface area contributed by atoms with E-state index >= 15 is 0 Å². The van der Waals surface area contributed by atoms with Crippen LogP contribution in [0, 0.1) is 0 Å². The molecule has 5 rings (SSSR count). The molecule has 3 aliphatic heterocycles. The zero-order valence-corrected chi connectivity index (χ0v) is 20.6. The largest absolute Gasteiger partial charge is 0.390 e. The van der Waals surface area contributed by atoms with E-state index < -0.39 is 6.10 Å². The average molecular weight is 477 g/mol. The number of fused-ring (bicyclic) bond motifs is 2. The Morgan fingerprint density at radius 1 is 1.06 bits per heavy atom. The highest BCUT2D eigenvalue weighted by Gasteiger charge is 2.28. The molecule has 0 aromatic heterocycles. The smallest absolute Gasteiger partial charge is 0.254 e. The lowest BCUT2D eigenvalue weighted by molar-refractivity contribution is -0.129. The van der Waals surface area contributed by atoms with Gasteiger partial charge in [-0.25, -0.2) is 0 Å². The van der Waals surface area contributed by atoms with E-state index in [9.17, 15) is 14.7 Å². The topological polar surface area (TPSA) is 76.1 Å². The Hall–Kier alpha value is -2.90. The van der Waals surface area contributed by atoms with Crippen LogP contribution in [0.4, 0.5) is 5.69 Å². The van der Waals surface area contributed by atoms with Gasteiger partial charge in [-0.2, -0.15) is 0 Å². The second kappa shape index (κ2) is 10.4. The number of likely N-dealkylation sites (tertiary alicyclic amines) is 1. The first-order chi connectivity index (χ1) is 17.0. The Labute approximate surface area is 207 Å². The lowest BCUT2D eigenvalue weighted by Gasteiger charge is -2.34. The number of nitrogens with one attached hydrogen (secondary N) is 1. The van der Waals surface area contributed by atoms with Gasteiger partial charge in [0.2, 0.25) is 5.91 Å². The zero-order valence-electron chi connectivity index (χ0n) is 20.6. The fraction of sp³-hybridized carbons (Fsp3) is 0.500. The SMILES string of the molecule is CC(=O)N1CCCC(Nc2ccc3c(c2)CCN(C[C@H](O)CN2CCc4ccccc4C2)C3=O)C1. The second-order valence-corrected chi connectivity index (χ2v) is 10.2. The number of aliphatic hydroxyl groups excluding tert-OH is 1. The van der Waals surface area contributed by atoms with Crippen molar-refractivity contribution in [1.82, 2.24) is 14.7 Å². The van der Waals surface area contributed by atoms with E-state index in [1.807, 2.05) is 17.0 Å². The highest BCUT2D eigenvalue weighted by atomic mass is 16.3. The number of anilines is 1. The van der Waals surface area contributed by atoms with Gasteiger partial charge < -0.3 is 20.2 Å². The number of benzene rings is 2. The third kappa shape index (κ3) is 5.52. The molecule has 0 bridgehead atoms. The lowest BCUT2D eigenvalue weighted by atomic mass is 9.97. The van der Waals surface area contributed by atoms with E-state index in [1.54, 1.807) is 11.8 Å². The van der Waals surface area contributed by atoms with Crippen LogP contribution in [-0.4, -0.2) is 83.0 Å². The number of amides is 2. The zero-order chi connectivity index (χ0) is 24.4. The number of hydrogen-bond donors (Lipinski definition) is 2. The monoisotopic (exact) mass is 476 g/mol. The van der Waals surface area contributed by atoms with Gasteiger partial charge in [0, 0.05) is 70.0 Å². The standard InChI is InChI=1S/C28H36N4O3/c1-20(33)31-12-4-7-25(17-31)29-24-8-9-27-22(15-24)11-14-32(28(27)35)19-26(34)18-30-13-10-21-5-2-3-6-23(21)16-30/h2-3,5-6,8-9,15,25-26,29,34H,4,7,10-14,16-19H2,1H3/t25?,26-/m1/s1. The van der Waals surface area contributed by atoms with Crippen molar-refractivity contribution in [1.29, 1.82) is 0 Å². The molecule has 0 radical (unpaired) electrons. The van der Waals surface area contributed by atoms with Crippen molar-refractivity contribution in [3.05, 3.63) is 64.7 Å². The molecule has 2 amide bonds. The van der Waals surface area contributed by atoms with Crippen LogP contribution in [0.1, 0.15) is 46.8 Å². The highest BCUT2D eigenvalue weighted by Crippen LogP contribution is 2.25. The molecule has 7 heteroatoms. The first kappa shape index (κ1) is 23.8. The van der Waals surface area contributed by atoms with Crippen LogP contribution in [0.2, 0.25) is 0 Å². The van der Waals surface area contributed by atoms with Crippen molar-refractivity contribution in [2.45, 2.75) is 51.3 Å². The second-order valence-electron chi connectivity index (χ2n) is 10.2. The predicted molar refractivity (Wildman–Crippen MR) is 136 cm³/mol. The molecule has 7 nitrogen and oxygen atoms in total. The van der Waals surface area contributed by atoms with Crippen molar-refractivity contribution in [2.75, 3.05) is 44.6 Å². The van der Waals surface area contributed by atoms with Crippen molar-refractivity contribution in [3.63, 3.8) is 0 Å². The Morgan fingerprint density at radius 3 is 2.69 bits per heavy atom. The van der Waals surface area contributed by atoms with Gasteiger partial charge in [0.05, 0.1) is 6.10 Å². The fourth-order valence-corrected chi connectivity index (χ4v) is 5.74. The molecule has 3 heterocycles.